The zero-order valence-electron chi connectivity index (χ0n) is 17.9. The van der Waals surface area contributed by atoms with Crippen LogP contribution in [0.25, 0.3) is 12.2 Å². The van der Waals surface area contributed by atoms with E-state index in [2.05, 4.69) is 0 Å². The van der Waals surface area contributed by atoms with Crippen molar-refractivity contribution in [3.05, 3.63) is 58.7 Å². The smallest absolute Gasteiger partial charge is 0.338 e. The summed E-state index contributed by atoms with van der Waals surface area (Å²) in [5.74, 6) is -0.373. The minimum atomic E-state index is -0.746. The lowest BCUT2D eigenvalue weighted by Crippen LogP contribution is -2.15. The second-order valence-corrected chi connectivity index (χ2v) is 6.14. The number of ether oxygens (including phenoxy) is 5. The monoisotopic (exact) mass is 428 g/mol. The van der Waals surface area contributed by atoms with Crippen LogP contribution in [0.4, 0.5) is 0 Å². The molecular weight excluding hydrogens is 404 g/mol. The predicted molar refractivity (Wildman–Crippen MR) is 114 cm³/mol. The third kappa shape index (κ3) is 5.57. The Hall–Kier alpha value is -3.94. The molecule has 0 aliphatic heterocycles. The number of aromatic hydroxyl groups is 1. The summed E-state index contributed by atoms with van der Waals surface area (Å²) in [6.45, 7) is 0. The molecule has 0 heterocycles. The summed E-state index contributed by atoms with van der Waals surface area (Å²) in [4.78, 5) is 25.1. The first-order chi connectivity index (χ1) is 14.9. The minimum absolute atomic E-state index is 0.0337. The number of hydrogen-bond donors (Lipinski definition) is 1. The molecule has 0 aliphatic rings. The Morgan fingerprint density at radius 1 is 0.677 bits per heavy atom. The van der Waals surface area contributed by atoms with Gasteiger partial charge in [-0.05, 0) is 47.5 Å². The molecule has 8 heteroatoms. The second-order valence-electron chi connectivity index (χ2n) is 6.14. The van der Waals surface area contributed by atoms with Crippen LogP contribution in [0.3, 0.4) is 0 Å². The predicted octanol–water partition coefficient (Wildman–Crippen LogP) is 3.23. The van der Waals surface area contributed by atoms with Crippen LogP contribution in [0.15, 0.2) is 47.5 Å². The number of rotatable bonds is 8. The standard InChI is InChI=1S/C23H24O8/c1-27-19-9-7-15(13-21(19)29-3)11-17(23(26)31-5)16(22(25)30-4)10-14-6-8-18(24)20(12-14)28-2/h6-13,24H,1-5H3/b16-10-,17-11-. The molecule has 0 aliphatic carbocycles. The highest BCUT2D eigenvalue weighted by Crippen LogP contribution is 2.31. The van der Waals surface area contributed by atoms with E-state index < -0.39 is 11.9 Å². The first-order valence-corrected chi connectivity index (χ1v) is 9.07. The van der Waals surface area contributed by atoms with Gasteiger partial charge in [0, 0.05) is 0 Å². The molecule has 31 heavy (non-hydrogen) atoms. The molecule has 1 N–H and O–H groups in total. The SMILES string of the molecule is COC(=O)C(=C\c1ccc(O)c(OC)c1)/C(=C/c1ccc(OC)c(OC)c1)C(=O)OC. The number of esters is 2. The van der Waals surface area contributed by atoms with Gasteiger partial charge in [-0.1, -0.05) is 12.1 Å². The molecule has 0 radical (unpaired) electrons. The normalized spacial score (nSPS) is 11.5. The van der Waals surface area contributed by atoms with Gasteiger partial charge in [-0.15, -0.1) is 0 Å². The van der Waals surface area contributed by atoms with Crippen LogP contribution in [-0.4, -0.2) is 52.6 Å². The van der Waals surface area contributed by atoms with Crippen LogP contribution in [0, 0.1) is 0 Å². The number of phenolic OH excluding ortho intramolecular Hbond substituents is 1. The lowest BCUT2D eigenvalue weighted by atomic mass is 9.99. The van der Waals surface area contributed by atoms with E-state index in [1.54, 1.807) is 24.3 Å². The maximum atomic E-state index is 12.6. The highest BCUT2D eigenvalue weighted by molar-refractivity contribution is 6.12. The summed E-state index contributed by atoms with van der Waals surface area (Å²) in [6, 6.07) is 9.51. The second kappa shape index (κ2) is 10.7. The molecule has 164 valence electrons. The van der Waals surface area contributed by atoms with Crippen molar-refractivity contribution in [2.75, 3.05) is 35.5 Å². The quantitative estimate of drug-likeness (QED) is 0.389. The Labute approximate surface area is 180 Å². The van der Waals surface area contributed by atoms with Crippen molar-refractivity contribution in [1.29, 1.82) is 0 Å². The summed E-state index contributed by atoms with van der Waals surface area (Å²) in [5, 5.41) is 9.80. The number of phenols is 1. The number of carbonyl (C=O) groups excluding carboxylic acids is 2. The highest BCUT2D eigenvalue weighted by Gasteiger charge is 2.23. The van der Waals surface area contributed by atoms with E-state index in [-0.39, 0.29) is 22.6 Å². The van der Waals surface area contributed by atoms with Gasteiger partial charge in [0.25, 0.3) is 0 Å². The number of benzene rings is 2. The molecule has 0 aromatic heterocycles. The van der Waals surface area contributed by atoms with Crippen LogP contribution in [0.1, 0.15) is 11.1 Å². The van der Waals surface area contributed by atoms with Crippen LogP contribution in [0.5, 0.6) is 23.0 Å². The fraction of sp³-hybridized carbons (Fsp3) is 0.217. The highest BCUT2D eigenvalue weighted by atomic mass is 16.5. The van der Waals surface area contributed by atoms with Gasteiger partial charge < -0.3 is 28.8 Å². The summed E-state index contributed by atoms with van der Waals surface area (Å²) in [7, 11) is 6.82. The van der Waals surface area contributed by atoms with Crippen LogP contribution >= 0.6 is 0 Å². The fourth-order valence-corrected chi connectivity index (χ4v) is 2.77. The van der Waals surface area contributed by atoms with Crippen molar-refractivity contribution >= 4 is 24.1 Å². The molecule has 2 aromatic rings. The topological polar surface area (TPSA) is 101 Å². The Balaban J connectivity index is 2.67. The molecule has 2 rings (SSSR count). The van der Waals surface area contributed by atoms with Gasteiger partial charge in [0.2, 0.25) is 0 Å². The van der Waals surface area contributed by atoms with E-state index in [0.717, 1.165) is 0 Å². The summed E-state index contributed by atoms with van der Waals surface area (Å²) >= 11 is 0. The average molecular weight is 428 g/mol. The van der Waals surface area contributed by atoms with Crippen molar-refractivity contribution in [1.82, 2.24) is 0 Å². The average Bonchev–Trinajstić information content (AvgIpc) is 2.80. The van der Waals surface area contributed by atoms with Crippen LogP contribution < -0.4 is 14.2 Å². The van der Waals surface area contributed by atoms with Gasteiger partial charge in [0.1, 0.15) is 0 Å². The Bertz CT molecular complexity index is 1020. The van der Waals surface area contributed by atoms with Crippen molar-refractivity contribution in [2.45, 2.75) is 0 Å². The third-order valence-electron chi connectivity index (χ3n) is 4.33. The van der Waals surface area contributed by atoms with E-state index in [1.807, 2.05) is 0 Å². The molecular formula is C23H24O8. The molecule has 0 spiro atoms. The van der Waals surface area contributed by atoms with Gasteiger partial charge in [0.15, 0.2) is 23.0 Å². The lowest BCUT2D eigenvalue weighted by molar-refractivity contribution is -0.139. The largest absolute Gasteiger partial charge is 0.504 e. The number of hydrogen-bond acceptors (Lipinski definition) is 8. The van der Waals surface area contributed by atoms with E-state index in [4.69, 9.17) is 23.7 Å². The zero-order valence-corrected chi connectivity index (χ0v) is 17.9. The number of methoxy groups -OCH3 is 5. The molecule has 0 fully saturated rings. The molecule has 2 aromatic carbocycles. The van der Waals surface area contributed by atoms with E-state index >= 15 is 0 Å². The lowest BCUT2D eigenvalue weighted by Gasteiger charge is -2.12. The van der Waals surface area contributed by atoms with Gasteiger partial charge in [-0.2, -0.15) is 0 Å². The first-order valence-electron chi connectivity index (χ1n) is 9.07. The minimum Gasteiger partial charge on any atom is -0.504 e. The van der Waals surface area contributed by atoms with Crippen LogP contribution in [-0.2, 0) is 19.1 Å². The number of carbonyl (C=O) groups is 2. The summed E-state index contributed by atoms with van der Waals surface area (Å²) in [5.41, 5.74) is 0.985. The maximum absolute atomic E-state index is 12.6. The Kier molecular flexibility index (Phi) is 8.08. The summed E-state index contributed by atoms with van der Waals surface area (Å²) < 4.78 is 25.4. The molecule has 0 atom stereocenters. The van der Waals surface area contributed by atoms with Crippen molar-refractivity contribution in [3.63, 3.8) is 0 Å². The molecule has 0 amide bonds. The van der Waals surface area contributed by atoms with E-state index in [0.29, 0.717) is 22.6 Å². The third-order valence-corrected chi connectivity index (χ3v) is 4.33. The van der Waals surface area contributed by atoms with Gasteiger partial charge in [0.05, 0.1) is 46.7 Å². The van der Waals surface area contributed by atoms with Gasteiger partial charge in [-0.25, -0.2) is 9.59 Å². The zero-order chi connectivity index (χ0) is 23.0. The maximum Gasteiger partial charge on any atom is 0.338 e. The van der Waals surface area contributed by atoms with Gasteiger partial charge in [-0.3, -0.25) is 0 Å². The molecule has 0 saturated carbocycles. The van der Waals surface area contributed by atoms with E-state index in [1.165, 1.54) is 59.8 Å². The van der Waals surface area contributed by atoms with Crippen molar-refractivity contribution in [3.8, 4) is 23.0 Å². The Morgan fingerprint density at radius 3 is 1.58 bits per heavy atom. The molecule has 0 bridgehead atoms. The van der Waals surface area contributed by atoms with Crippen LogP contribution in [0.2, 0.25) is 0 Å². The molecule has 0 unspecified atom stereocenters. The summed E-state index contributed by atoms with van der Waals surface area (Å²) in [6.07, 6.45) is 2.92. The Morgan fingerprint density at radius 2 is 1.13 bits per heavy atom. The van der Waals surface area contributed by atoms with Crippen molar-refractivity contribution in [2.24, 2.45) is 0 Å². The van der Waals surface area contributed by atoms with Crippen molar-refractivity contribution < 1.29 is 38.4 Å². The fourth-order valence-electron chi connectivity index (χ4n) is 2.77. The van der Waals surface area contributed by atoms with Gasteiger partial charge >= 0.3 is 11.9 Å². The van der Waals surface area contributed by atoms with E-state index in [9.17, 15) is 14.7 Å². The molecule has 0 saturated heterocycles. The first kappa shape index (κ1) is 23.3. The molecule has 8 nitrogen and oxygen atoms in total.